The van der Waals surface area contributed by atoms with Crippen molar-refractivity contribution in [2.75, 3.05) is 0 Å². The molecule has 2 rings (SSSR count). The summed E-state index contributed by atoms with van der Waals surface area (Å²) in [5, 5.41) is 0.196. The number of nitrogens with zero attached hydrogens (tertiary/aromatic N) is 1. The van der Waals surface area contributed by atoms with E-state index in [1.54, 1.807) is 0 Å². The van der Waals surface area contributed by atoms with Crippen LogP contribution in [0.15, 0.2) is 28.7 Å². The Balaban J connectivity index is 0.000000605. The molecule has 0 spiro atoms. The van der Waals surface area contributed by atoms with Crippen molar-refractivity contribution in [3.63, 3.8) is 0 Å². The average Bonchev–Trinajstić information content (AvgIpc) is 2.27. The third-order valence-electron chi connectivity index (χ3n) is 1.27. The summed E-state index contributed by atoms with van der Waals surface area (Å²) in [6.07, 6.45) is 0. The van der Waals surface area contributed by atoms with Crippen molar-refractivity contribution in [2.24, 2.45) is 0 Å². The minimum atomic E-state index is 0. The maximum Gasteiger partial charge on any atom is 0.293 e. The number of rotatable bonds is 0. The van der Waals surface area contributed by atoms with Crippen LogP contribution in [0, 0.1) is 0 Å². The van der Waals surface area contributed by atoms with E-state index in [0.29, 0.717) is 0 Å². The van der Waals surface area contributed by atoms with Gasteiger partial charge in [0.15, 0.2) is 5.58 Å². The Kier molecular flexibility index (Phi) is 2.31. The molecule has 4 radical (unpaired) electrons. The lowest BCUT2D eigenvalue weighted by molar-refractivity contribution is 0.604. The zero-order valence-corrected chi connectivity index (χ0v) is 7.30. The van der Waals surface area contributed by atoms with Gasteiger partial charge in [0.25, 0.3) is 5.35 Å². The molecule has 0 atom stereocenters. The van der Waals surface area contributed by atoms with Crippen LogP contribution in [0.1, 0.15) is 0 Å². The van der Waals surface area contributed by atoms with Gasteiger partial charge in [0, 0.05) is 11.0 Å². The highest BCUT2D eigenvalue weighted by Gasteiger charge is 1.99. The molecule has 4 heteroatoms. The number of fused-ring (bicyclic) bond motifs is 1. The lowest BCUT2D eigenvalue weighted by Gasteiger charge is -1.79. The monoisotopic (exact) mass is 181 g/mol. The molecule has 2 aromatic rings. The Morgan fingerprint density at radius 2 is 2.00 bits per heavy atom. The lowest BCUT2D eigenvalue weighted by atomic mass is 10.3. The van der Waals surface area contributed by atoms with Gasteiger partial charge in [0.1, 0.15) is 5.52 Å². The van der Waals surface area contributed by atoms with E-state index in [4.69, 9.17) is 16.0 Å². The maximum absolute atomic E-state index is 5.51. The van der Waals surface area contributed by atoms with Crippen LogP contribution in [0.5, 0.6) is 0 Å². The molecule has 0 saturated carbocycles. The average molecular weight is 182 g/mol. The Bertz CT molecular complexity index is 327. The minimum Gasteiger partial charge on any atom is -0.428 e. The molecule has 1 heterocycles. The highest BCUT2D eigenvalue weighted by Crippen LogP contribution is 2.17. The lowest BCUT2D eigenvalue weighted by Crippen LogP contribution is -1.62. The predicted molar refractivity (Wildman–Crippen MR) is 44.8 cm³/mol. The van der Waals surface area contributed by atoms with Gasteiger partial charge in [-0.05, 0) is 23.7 Å². The number of hydrogen-bond acceptors (Lipinski definition) is 2. The van der Waals surface area contributed by atoms with Gasteiger partial charge < -0.3 is 4.42 Å². The molecular formula is C7H4ClNOSi. The van der Waals surface area contributed by atoms with Gasteiger partial charge in [-0.2, -0.15) is 4.98 Å². The molecule has 11 heavy (non-hydrogen) atoms. The number of aromatic nitrogens is 1. The van der Waals surface area contributed by atoms with Gasteiger partial charge in [-0.25, -0.2) is 0 Å². The minimum absolute atomic E-state index is 0. The summed E-state index contributed by atoms with van der Waals surface area (Å²) in [5.41, 5.74) is 1.53. The van der Waals surface area contributed by atoms with Gasteiger partial charge in [0.05, 0.1) is 0 Å². The number of hydrogen-bond donors (Lipinski definition) is 0. The zero-order chi connectivity index (χ0) is 6.97. The summed E-state index contributed by atoms with van der Waals surface area (Å²) in [5.74, 6) is 0. The van der Waals surface area contributed by atoms with Crippen molar-refractivity contribution in [3.05, 3.63) is 29.6 Å². The molecule has 0 aliphatic rings. The molecule has 0 bridgehead atoms. The molecule has 0 amide bonds. The zero-order valence-electron chi connectivity index (χ0n) is 5.54. The fraction of sp³-hybridized carbons (Fsp3) is 0. The van der Waals surface area contributed by atoms with Crippen LogP contribution < -0.4 is 0 Å². The van der Waals surface area contributed by atoms with Crippen molar-refractivity contribution in [2.45, 2.75) is 0 Å². The second-order valence-electron chi connectivity index (χ2n) is 1.93. The van der Waals surface area contributed by atoms with Crippen molar-refractivity contribution in [1.29, 1.82) is 0 Å². The fourth-order valence-electron chi connectivity index (χ4n) is 0.844. The number of oxazole rings is 1. The molecule has 0 aliphatic heterocycles. The first kappa shape index (κ1) is 8.29. The molecule has 0 unspecified atom stereocenters. The van der Waals surface area contributed by atoms with E-state index >= 15 is 0 Å². The second-order valence-corrected chi connectivity index (χ2v) is 2.26. The van der Waals surface area contributed by atoms with Crippen LogP contribution >= 0.6 is 11.6 Å². The van der Waals surface area contributed by atoms with E-state index in [9.17, 15) is 0 Å². The summed E-state index contributed by atoms with van der Waals surface area (Å²) in [6.45, 7) is 0. The van der Waals surface area contributed by atoms with E-state index in [1.165, 1.54) is 0 Å². The summed E-state index contributed by atoms with van der Waals surface area (Å²) < 4.78 is 5.02. The first-order valence-electron chi connectivity index (χ1n) is 2.87. The second kappa shape index (κ2) is 3.07. The van der Waals surface area contributed by atoms with Gasteiger partial charge in [-0.3, -0.25) is 0 Å². The standard InChI is InChI=1S/C7H4ClNO.Si/c8-7-9-5-3-1-2-4-6(5)10-7;/h1-4H;. The quantitative estimate of drug-likeness (QED) is 0.582. The van der Waals surface area contributed by atoms with E-state index in [2.05, 4.69) is 4.98 Å². The Morgan fingerprint density at radius 1 is 1.27 bits per heavy atom. The molecular weight excluding hydrogens is 178 g/mol. The molecule has 54 valence electrons. The SMILES string of the molecule is Clc1nc2ccccc2o1.[Si]. The molecule has 0 fully saturated rings. The summed E-state index contributed by atoms with van der Waals surface area (Å²) in [7, 11) is 0. The molecule has 1 aromatic carbocycles. The van der Waals surface area contributed by atoms with Crippen LogP contribution in [0.25, 0.3) is 11.1 Å². The van der Waals surface area contributed by atoms with Crippen molar-refractivity contribution in [1.82, 2.24) is 4.98 Å². The Labute approximate surface area is 73.2 Å². The van der Waals surface area contributed by atoms with E-state index in [-0.39, 0.29) is 16.3 Å². The Hall–Kier alpha value is -0.803. The van der Waals surface area contributed by atoms with Gasteiger partial charge in [-0.1, -0.05) is 12.1 Å². The third-order valence-corrected chi connectivity index (χ3v) is 1.43. The Morgan fingerprint density at radius 3 is 2.73 bits per heavy atom. The highest BCUT2D eigenvalue weighted by atomic mass is 35.5. The summed E-state index contributed by atoms with van der Waals surface area (Å²) >= 11 is 5.51. The van der Waals surface area contributed by atoms with Gasteiger partial charge in [-0.15, -0.1) is 0 Å². The van der Waals surface area contributed by atoms with Crippen molar-refractivity contribution < 1.29 is 4.42 Å². The van der Waals surface area contributed by atoms with Crippen LogP contribution in [-0.4, -0.2) is 15.9 Å². The number of para-hydroxylation sites is 2. The first-order valence-corrected chi connectivity index (χ1v) is 3.25. The fourth-order valence-corrected chi connectivity index (χ4v) is 1.02. The number of halogens is 1. The first-order chi connectivity index (χ1) is 4.86. The molecule has 0 N–H and O–H groups in total. The van der Waals surface area contributed by atoms with Crippen molar-refractivity contribution >= 4 is 33.7 Å². The van der Waals surface area contributed by atoms with Gasteiger partial charge in [0.2, 0.25) is 0 Å². The van der Waals surface area contributed by atoms with E-state index < -0.39 is 0 Å². The topological polar surface area (TPSA) is 26.0 Å². The molecule has 1 aromatic heterocycles. The molecule has 2 nitrogen and oxygen atoms in total. The normalized spacial score (nSPS) is 9.55. The largest absolute Gasteiger partial charge is 0.428 e. The van der Waals surface area contributed by atoms with Crippen LogP contribution in [0.4, 0.5) is 0 Å². The number of benzene rings is 1. The maximum atomic E-state index is 5.51. The molecule has 0 saturated heterocycles. The van der Waals surface area contributed by atoms with Gasteiger partial charge >= 0.3 is 0 Å². The van der Waals surface area contributed by atoms with E-state index in [0.717, 1.165) is 11.1 Å². The summed E-state index contributed by atoms with van der Waals surface area (Å²) in [4.78, 5) is 3.91. The summed E-state index contributed by atoms with van der Waals surface area (Å²) in [6, 6.07) is 7.45. The van der Waals surface area contributed by atoms with Crippen LogP contribution in [-0.2, 0) is 0 Å². The van der Waals surface area contributed by atoms with Crippen molar-refractivity contribution in [3.8, 4) is 0 Å². The van der Waals surface area contributed by atoms with Crippen LogP contribution in [0.3, 0.4) is 0 Å². The predicted octanol–water partition coefficient (Wildman–Crippen LogP) is 2.10. The molecule has 0 aliphatic carbocycles. The smallest absolute Gasteiger partial charge is 0.293 e. The van der Waals surface area contributed by atoms with Crippen LogP contribution in [0.2, 0.25) is 5.35 Å². The van der Waals surface area contributed by atoms with E-state index in [1.807, 2.05) is 24.3 Å². The third kappa shape index (κ3) is 1.44. The highest BCUT2D eigenvalue weighted by molar-refractivity contribution is 6.28.